The van der Waals surface area contributed by atoms with E-state index in [1.807, 2.05) is 0 Å². The third-order valence-electron chi connectivity index (χ3n) is 3.97. The first kappa shape index (κ1) is 18.2. The zero-order chi connectivity index (χ0) is 18.6. The Labute approximate surface area is 143 Å². The molecule has 1 fully saturated rings. The lowest BCUT2D eigenvalue weighted by molar-refractivity contribution is -0.384. The predicted molar refractivity (Wildman–Crippen MR) is 84.8 cm³/mol. The number of nitro benzene ring substituents is 1. The molecule has 132 valence electrons. The first-order chi connectivity index (χ1) is 11.8. The summed E-state index contributed by atoms with van der Waals surface area (Å²) in [6.07, 6.45) is 1.71. The van der Waals surface area contributed by atoms with Crippen LogP contribution >= 0.6 is 0 Å². The van der Waals surface area contributed by atoms with Crippen LogP contribution in [-0.4, -0.2) is 36.1 Å². The number of amides is 1. The fraction of sp³-hybridized carbons (Fsp3) is 0.438. The summed E-state index contributed by atoms with van der Waals surface area (Å²) in [5.74, 6) is -1.36. The van der Waals surface area contributed by atoms with Crippen molar-refractivity contribution in [3.05, 3.63) is 33.9 Å². The van der Waals surface area contributed by atoms with Gasteiger partial charge in [0.15, 0.2) is 6.61 Å². The third-order valence-corrected chi connectivity index (χ3v) is 3.97. The van der Waals surface area contributed by atoms with E-state index in [2.05, 4.69) is 11.4 Å². The lowest BCUT2D eigenvalue weighted by atomic mass is 9.98. The summed E-state index contributed by atoms with van der Waals surface area (Å²) in [6.45, 7) is 1.02. The Bertz CT molecular complexity index is 753. The molecule has 1 aromatic carbocycles. The molecule has 0 aliphatic heterocycles. The number of methoxy groups -OCH3 is 1. The molecule has 1 saturated carbocycles. The second-order valence-corrected chi connectivity index (χ2v) is 5.85. The predicted octanol–water partition coefficient (Wildman–Crippen LogP) is 1.57. The molecule has 0 bridgehead atoms. The molecule has 1 aliphatic carbocycles. The van der Waals surface area contributed by atoms with E-state index < -0.39 is 28.9 Å². The Morgan fingerprint density at radius 2 is 2.16 bits per heavy atom. The van der Waals surface area contributed by atoms with Gasteiger partial charge in [0, 0.05) is 12.1 Å². The van der Waals surface area contributed by atoms with Crippen molar-refractivity contribution in [2.75, 3.05) is 13.7 Å². The zero-order valence-electron chi connectivity index (χ0n) is 13.8. The molecule has 1 aliphatic rings. The minimum absolute atomic E-state index is 0.0917. The first-order valence-corrected chi connectivity index (χ1v) is 7.52. The molecule has 9 nitrogen and oxygen atoms in total. The molecule has 2 rings (SSSR count). The van der Waals surface area contributed by atoms with Gasteiger partial charge in [-0.15, -0.1) is 0 Å². The number of ether oxygens (including phenoxy) is 2. The maximum absolute atomic E-state index is 12.1. The largest absolute Gasteiger partial charge is 0.496 e. The number of esters is 1. The number of nitriles is 1. The molecule has 1 amide bonds. The Morgan fingerprint density at radius 1 is 1.48 bits per heavy atom. The van der Waals surface area contributed by atoms with Gasteiger partial charge < -0.3 is 14.8 Å². The van der Waals surface area contributed by atoms with Crippen LogP contribution in [0.5, 0.6) is 5.75 Å². The molecular formula is C16H17N3O6. The number of non-ortho nitro benzene ring substituents is 1. The SMILES string of the molecule is COc1ccc([N+](=O)[O-])cc1C(=O)OCC(=O)N[C@@](C)(C#N)C1CC1. The molecule has 0 heterocycles. The smallest absolute Gasteiger partial charge is 0.342 e. The molecule has 0 unspecified atom stereocenters. The number of carbonyl (C=O) groups is 2. The zero-order valence-corrected chi connectivity index (χ0v) is 13.8. The molecule has 1 atom stereocenters. The van der Waals surface area contributed by atoms with Gasteiger partial charge in [-0.3, -0.25) is 14.9 Å². The van der Waals surface area contributed by atoms with Crippen LogP contribution in [-0.2, 0) is 9.53 Å². The maximum atomic E-state index is 12.1. The van der Waals surface area contributed by atoms with Crippen LogP contribution in [0.1, 0.15) is 30.1 Å². The van der Waals surface area contributed by atoms with Gasteiger partial charge in [-0.2, -0.15) is 5.26 Å². The van der Waals surface area contributed by atoms with E-state index in [0.29, 0.717) is 0 Å². The number of carbonyl (C=O) groups excluding carboxylic acids is 2. The second-order valence-electron chi connectivity index (χ2n) is 5.85. The average Bonchev–Trinajstić information content (AvgIpc) is 3.44. The molecule has 9 heteroatoms. The Morgan fingerprint density at radius 3 is 2.68 bits per heavy atom. The quantitative estimate of drug-likeness (QED) is 0.450. The summed E-state index contributed by atoms with van der Waals surface area (Å²) in [4.78, 5) is 34.2. The molecular weight excluding hydrogens is 330 g/mol. The Kier molecular flexibility index (Phi) is 5.22. The molecule has 0 radical (unpaired) electrons. The van der Waals surface area contributed by atoms with Crippen molar-refractivity contribution in [1.82, 2.24) is 5.32 Å². The average molecular weight is 347 g/mol. The van der Waals surface area contributed by atoms with Gasteiger partial charge >= 0.3 is 5.97 Å². The lowest BCUT2D eigenvalue weighted by Gasteiger charge is -2.22. The fourth-order valence-corrected chi connectivity index (χ4v) is 2.39. The van der Waals surface area contributed by atoms with Gasteiger partial charge in [0.2, 0.25) is 0 Å². The van der Waals surface area contributed by atoms with Crippen molar-refractivity contribution in [2.45, 2.75) is 25.3 Å². The summed E-state index contributed by atoms with van der Waals surface area (Å²) in [5.41, 5.74) is -1.45. The van der Waals surface area contributed by atoms with E-state index in [-0.39, 0.29) is 22.9 Å². The minimum Gasteiger partial charge on any atom is -0.496 e. The molecule has 25 heavy (non-hydrogen) atoms. The summed E-state index contributed by atoms with van der Waals surface area (Å²) in [6, 6.07) is 5.54. The monoisotopic (exact) mass is 347 g/mol. The van der Waals surface area contributed by atoms with Crippen LogP contribution in [0.3, 0.4) is 0 Å². The molecule has 1 aromatic rings. The van der Waals surface area contributed by atoms with Gasteiger partial charge in [0.05, 0.1) is 18.1 Å². The van der Waals surface area contributed by atoms with E-state index in [9.17, 15) is 25.0 Å². The second kappa shape index (κ2) is 7.17. The van der Waals surface area contributed by atoms with E-state index in [1.165, 1.54) is 19.2 Å². The summed E-state index contributed by atoms with van der Waals surface area (Å²) < 4.78 is 9.87. The number of rotatable bonds is 7. The van der Waals surface area contributed by atoms with Crippen LogP contribution in [0.15, 0.2) is 18.2 Å². The van der Waals surface area contributed by atoms with Gasteiger partial charge in [0.25, 0.3) is 11.6 Å². The topological polar surface area (TPSA) is 132 Å². The molecule has 0 saturated heterocycles. The summed E-state index contributed by atoms with van der Waals surface area (Å²) in [7, 11) is 1.30. The normalized spacial score (nSPS) is 15.4. The number of nitrogens with one attached hydrogen (secondary N) is 1. The number of hydrogen-bond acceptors (Lipinski definition) is 7. The van der Waals surface area contributed by atoms with Gasteiger partial charge in [0.1, 0.15) is 16.9 Å². The van der Waals surface area contributed by atoms with Crippen LogP contribution in [0.4, 0.5) is 5.69 Å². The standard InChI is InChI=1S/C16H17N3O6/c1-16(9-17,10-3-4-10)18-14(20)8-25-15(21)12-7-11(19(22)23)5-6-13(12)24-2/h5-7,10H,3-4,8H2,1-2H3,(H,18,20)/t16-/m0/s1. The van der Waals surface area contributed by atoms with E-state index in [1.54, 1.807) is 6.92 Å². The lowest BCUT2D eigenvalue weighted by Crippen LogP contribution is -2.48. The van der Waals surface area contributed by atoms with E-state index in [0.717, 1.165) is 18.9 Å². The minimum atomic E-state index is -0.993. The van der Waals surface area contributed by atoms with Crippen molar-refractivity contribution in [3.8, 4) is 11.8 Å². The van der Waals surface area contributed by atoms with Crippen molar-refractivity contribution in [2.24, 2.45) is 5.92 Å². The fourth-order valence-electron chi connectivity index (χ4n) is 2.39. The van der Waals surface area contributed by atoms with Crippen LogP contribution in [0.25, 0.3) is 0 Å². The number of benzene rings is 1. The van der Waals surface area contributed by atoms with E-state index >= 15 is 0 Å². The number of nitro groups is 1. The molecule has 1 N–H and O–H groups in total. The van der Waals surface area contributed by atoms with Crippen molar-refractivity contribution < 1.29 is 24.0 Å². The molecule has 0 spiro atoms. The van der Waals surface area contributed by atoms with Crippen molar-refractivity contribution in [3.63, 3.8) is 0 Å². The van der Waals surface area contributed by atoms with Crippen LogP contribution in [0.2, 0.25) is 0 Å². The third kappa shape index (κ3) is 4.23. The van der Waals surface area contributed by atoms with Gasteiger partial charge in [-0.05, 0) is 31.7 Å². The van der Waals surface area contributed by atoms with Crippen molar-refractivity contribution in [1.29, 1.82) is 5.26 Å². The highest BCUT2D eigenvalue weighted by Gasteiger charge is 2.43. The van der Waals surface area contributed by atoms with Crippen molar-refractivity contribution >= 4 is 17.6 Å². The number of hydrogen-bond donors (Lipinski definition) is 1. The molecule has 0 aromatic heterocycles. The highest BCUT2D eigenvalue weighted by molar-refractivity contribution is 5.94. The summed E-state index contributed by atoms with van der Waals surface area (Å²) in [5, 5.41) is 22.6. The Balaban J connectivity index is 2.02. The van der Waals surface area contributed by atoms with Crippen LogP contribution < -0.4 is 10.1 Å². The highest BCUT2D eigenvalue weighted by atomic mass is 16.6. The highest BCUT2D eigenvalue weighted by Crippen LogP contribution is 2.39. The summed E-state index contributed by atoms with van der Waals surface area (Å²) >= 11 is 0. The van der Waals surface area contributed by atoms with E-state index in [4.69, 9.17) is 9.47 Å². The van der Waals surface area contributed by atoms with Gasteiger partial charge in [-0.1, -0.05) is 0 Å². The Hall–Kier alpha value is -3.15. The van der Waals surface area contributed by atoms with Gasteiger partial charge in [-0.25, -0.2) is 4.79 Å². The first-order valence-electron chi connectivity index (χ1n) is 7.52. The number of nitrogens with zero attached hydrogens (tertiary/aromatic N) is 2. The van der Waals surface area contributed by atoms with Crippen LogP contribution in [0, 0.1) is 27.4 Å². The maximum Gasteiger partial charge on any atom is 0.342 e.